The van der Waals surface area contributed by atoms with Crippen LogP contribution in [0.15, 0.2) is 164 Å². The summed E-state index contributed by atoms with van der Waals surface area (Å²) in [7, 11) is 0. The van der Waals surface area contributed by atoms with Gasteiger partial charge in [-0.05, 0) is 132 Å². The second-order valence-corrected chi connectivity index (χ2v) is 15.4. The fourth-order valence-electron chi connectivity index (χ4n) is 9.04. The molecule has 0 heterocycles. The molecule has 2 aliphatic carbocycles. The van der Waals surface area contributed by atoms with Crippen molar-refractivity contribution in [1.82, 2.24) is 0 Å². The van der Waals surface area contributed by atoms with E-state index in [0.29, 0.717) is 0 Å². The van der Waals surface area contributed by atoms with E-state index < -0.39 is 0 Å². The molecule has 0 atom stereocenters. The third-order valence-electron chi connectivity index (χ3n) is 11.8. The monoisotopic (exact) mass is 653 g/mol. The summed E-state index contributed by atoms with van der Waals surface area (Å²) in [6.45, 7) is 9.48. The highest BCUT2D eigenvalue weighted by Crippen LogP contribution is 2.53. The number of fused-ring (bicyclic) bond motifs is 8. The molecule has 8 aromatic rings. The molecule has 0 aromatic heterocycles. The van der Waals surface area contributed by atoms with Crippen molar-refractivity contribution >= 4 is 38.6 Å². The van der Waals surface area contributed by atoms with Crippen molar-refractivity contribution in [2.24, 2.45) is 0 Å². The number of rotatable bonds is 4. The van der Waals surface area contributed by atoms with Crippen LogP contribution in [0.2, 0.25) is 0 Å². The first-order chi connectivity index (χ1) is 24.8. The van der Waals surface area contributed by atoms with Crippen LogP contribution in [-0.4, -0.2) is 0 Å². The molecule has 1 nitrogen and oxygen atoms in total. The normalized spacial score (nSPS) is 14.6. The fraction of sp³-hybridized carbons (Fsp3) is 0.120. The van der Waals surface area contributed by atoms with Gasteiger partial charge in [0.2, 0.25) is 0 Å². The average molecular weight is 654 g/mol. The number of anilines is 3. The molecule has 1 heteroatoms. The number of benzene rings is 8. The standard InChI is InChI=1S/C50H39N/c1-49(2)45-19-10-9-18-41(45)42-24-22-40(31-48(42)49)51(38-17-11-16-34(27-38)37-21-20-32-12-5-6-13-33(32)26-37)39-23-25-46-44(30-39)43-28-35-14-7-8-15-36(35)29-47(43)50(46,3)4/h5-31H,1-4H3. The van der Waals surface area contributed by atoms with Gasteiger partial charge in [0, 0.05) is 27.9 Å². The molecule has 244 valence electrons. The van der Waals surface area contributed by atoms with Crippen LogP contribution in [0.5, 0.6) is 0 Å². The summed E-state index contributed by atoms with van der Waals surface area (Å²) in [5, 5.41) is 5.09. The van der Waals surface area contributed by atoms with E-state index in [1.165, 1.54) is 82.9 Å². The van der Waals surface area contributed by atoms with Gasteiger partial charge < -0.3 is 4.90 Å². The van der Waals surface area contributed by atoms with E-state index in [-0.39, 0.29) is 10.8 Å². The predicted molar refractivity (Wildman–Crippen MR) is 217 cm³/mol. The maximum absolute atomic E-state index is 2.47. The molecule has 0 saturated heterocycles. The summed E-state index contributed by atoms with van der Waals surface area (Å²) in [6.07, 6.45) is 0. The van der Waals surface area contributed by atoms with E-state index in [9.17, 15) is 0 Å². The molecule has 10 rings (SSSR count). The van der Waals surface area contributed by atoms with Crippen LogP contribution in [0.1, 0.15) is 49.9 Å². The van der Waals surface area contributed by atoms with Gasteiger partial charge in [-0.3, -0.25) is 0 Å². The molecule has 51 heavy (non-hydrogen) atoms. The van der Waals surface area contributed by atoms with Gasteiger partial charge in [0.25, 0.3) is 0 Å². The zero-order chi connectivity index (χ0) is 34.5. The Bertz CT molecular complexity index is 2710. The van der Waals surface area contributed by atoms with E-state index in [1.807, 2.05) is 0 Å². The van der Waals surface area contributed by atoms with Crippen molar-refractivity contribution in [2.45, 2.75) is 38.5 Å². The van der Waals surface area contributed by atoms with Crippen LogP contribution in [-0.2, 0) is 10.8 Å². The van der Waals surface area contributed by atoms with Gasteiger partial charge in [0.05, 0.1) is 0 Å². The van der Waals surface area contributed by atoms with Crippen molar-refractivity contribution in [1.29, 1.82) is 0 Å². The zero-order valence-electron chi connectivity index (χ0n) is 29.5. The van der Waals surface area contributed by atoms with Crippen molar-refractivity contribution in [3.8, 4) is 33.4 Å². The van der Waals surface area contributed by atoms with E-state index in [0.717, 1.165) is 11.4 Å². The first-order valence-electron chi connectivity index (χ1n) is 18.1. The Kier molecular flexibility index (Phi) is 6.34. The van der Waals surface area contributed by atoms with E-state index >= 15 is 0 Å². The Morgan fingerprint density at radius 3 is 1.67 bits per heavy atom. The summed E-state index contributed by atoms with van der Waals surface area (Å²) in [5.41, 5.74) is 16.6. The second-order valence-electron chi connectivity index (χ2n) is 15.4. The lowest BCUT2D eigenvalue weighted by Crippen LogP contribution is -2.17. The summed E-state index contributed by atoms with van der Waals surface area (Å²) < 4.78 is 0. The van der Waals surface area contributed by atoms with Crippen molar-refractivity contribution in [3.05, 3.63) is 186 Å². The third kappa shape index (κ3) is 4.47. The van der Waals surface area contributed by atoms with Gasteiger partial charge in [-0.1, -0.05) is 137 Å². The maximum atomic E-state index is 2.47. The lowest BCUT2D eigenvalue weighted by molar-refractivity contribution is 0.660. The summed E-state index contributed by atoms with van der Waals surface area (Å²) in [4.78, 5) is 2.47. The van der Waals surface area contributed by atoms with Gasteiger partial charge in [-0.15, -0.1) is 0 Å². The maximum Gasteiger partial charge on any atom is 0.0468 e. The Morgan fingerprint density at radius 2 is 0.863 bits per heavy atom. The van der Waals surface area contributed by atoms with Gasteiger partial charge >= 0.3 is 0 Å². The third-order valence-corrected chi connectivity index (χ3v) is 11.8. The Labute approximate surface area is 300 Å². The molecule has 0 bridgehead atoms. The highest BCUT2D eigenvalue weighted by atomic mass is 15.1. The second kappa shape index (κ2) is 10.8. The molecular formula is C50H39N. The van der Waals surface area contributed by atoms with E-state index in [2.05, 4.69) is 196 Å². The first kappa shape index (κ1) is 29.9. The highest BCUT2D eigenvalue weighted by molar-refractivity contribution is 5.96. The summed E-state index contributed by atoms with van der Waals surface area (Å²) >= 11 is 0. The van der Waals surface area contributed by atoms with Crippen LogP contribution in [0, 0.1) is 0 Å². The minimum atomic E-state index is -0.0947. The molecule has 2 aliphatic rings. The lowest BCUT2D eigenvalue weighted by atomic mass is 9.82. The lowest BCUT2D eigenvalue weighted by Gasteiger charge is -2.29. The minimum Gasteiger partial charge on any atom is -0.310 e. The van der Waals surface area contributed by atoms with Gasteiger partial charge in [-0.25, -0.2) is 0 Å². The molecule has 0 unspecified atom stereocenters. The molecule has 0 fully saturated rings. The topological polar surface area (TPSA) is 3.24 Å². The van der Waals surface area contributed by atoms with Crippen LogP contribution in [0.25, 0.3) is 54.9 Å². The van der Waals surface area contributed by atoms with Gasteiger partial charge in [0.1, 0.15) is 0 Å². The highest BCUT2D eigenvalue weighted by Gasteiger charge is 2.38. The average Bonchev–Trinajstić information content (AvgIpc) is 3.52. The number of nitrogens with zero attached hydrogens (tertiary/aromatic N) is 1. The van der Waals surface area contributed by atoms with Crippen molar-refractivity contribution < 1.29 is 0 Å². The van der Waals surface area contributed by atoms with Gasteiger partial charge in [-0.2, -0.15) is 0 Å². The molecule has 0 aliphatic heterocycles. The van der Waals surface area contributed by atoms with Crippen LogP contribution >= 0.6 is 0 Å². The zero-order valence-corrected chi connectivity index (χ0v) is 29.5. The van der Waals surface area contributed by atoms with Crippen LogP contribution in [0.3, 0.4) is 0 Å². The fourth-order valence-corrected chi connectivity index (χ4v) is 9.04. The number of hydrogen-bond donors (Lipinski definition) is 0. The van der Waals surface area contributed by atoms with Gasteiger partial charge in [0.15, 0.2) is 0 Å². The van der Waals surface area contributed by atoms with Crippen molar-refractivity contribution in [3.63, 3.8) is 0 Å². The molecule has 0 saturated carbocycles. The van der Waals surface area contributed by atoms with E-state index in [4.69, 9.17) is 0 Å². The minimum absolute atomic E-state index is 0.0859. The number of hydrogen-bond acceptors (Lipinski definition) is 1. The SMILES string of the molecule is CC1(C)c2ccccc2-c2ccc(N(c3cccc(-c4ccc5ccccc5c4)c3)c3ccc4c(c3)-c3cc5ccccc5cc3C4(C)C)cc21. The molecule has 0 spiro atoms. The van der Waals surface area contributed by atoms with Crippen LogP contribution < -0.4 is 4.90 Å². The largest absolute Gasteiger partial charge is 0.310 e. The smallest absolute Gasteiger partial charge is 0.0468 e. The Balaban J connectivity index is 1.17. The molecule has 0 amide bonds. The molecule has 8 aromatic carbocycles. The van der Waals surface area contributed by atoms with E-state index in [1.54, 1.807) is 0 Å². The Hall–Kier alpha value is -5.92. The van der Waals surface area contributed by atoms with Crippen molar-refractivity contribution in [2.75, 3.05) is 4.90 Å². The molecular weight excluding hydrogens is 615 g/mol. The molecule has 0 N–H and O–H groups in total. The van der Waals surface area contributed by atoms with Crippen LogP contribution in [0.4, 0.5) is 17.1 Å². The Morgan fingerprint density at radius 1 is 0.314 bits per heavy atom. The molecule has 0 radical (unpaired) electrons. The first-order valence-corrected chi connectivity index (χ1v) is 18.1. The summed E-state index contributed by atoms with van der Waals surface area (Å²) in [6, 6.07) is 61.2. The quantitative estimate of drug-likeness (QED) is 0.183. The summed E-state index contributed by atoms with van der Waals surface area (Å²) in [5.74, 6) is 0. The predicted octanol–water partition coefficient (Wildman–Crippen LogP) is 13.7.